The van der Waals surface area contributed by atoms with Gasteiger partial charge in [-0.1, -0.05) is 44.0 Å². The Labute approximate surface area is 88.7 Å². The lowest BCUT2D eigenvalue weighted by atomic mass is 10.1. The van der Waals surface area contributed by atoms with Gasteiger partial charge in [-0.05, 0) is 17.2 Å². The zero-order chi connectivity index (χ0) is 8.97. The van der Waals surface area contributed by atoms with Crippen LogP contribution >= 0.6 is 31.9 Å². The first-order valence-electron chi connectivity index (χ1n) is 3.48. The van der Waals surface area contributed by atoms with Crippen LogP contribution in [0.1, 0.15) is 11.1 Å². The average Bonchev–Trinajstić information content (AvgIpc) is 2.09. The molecule has 0 atom stereocenters. The van der Waals surface area contributed by atoms with Crippen molar-refractivity contribution in [3.05, 3.63) is 33.8 Å². The Morgan fingerprint density at radius 2 is 2.17 bits per heavy atom. The van der Waals surface area contributed by atoms with E-state index >= 15 is 0 Å². The summed E-state index contributed by atoms with van der Waals surface area (Å²) in [5.74, 6) is 0. The van der Waals surface area contributed by atoms with Crippen molar-refractivity contribution in [3.8, 4) is 6.07 Å². The van der Waals surface area contributed by atoms with Crippen molar-refractivity contribution in [3.63, 3.8) is 0 Å². The third-order valence-electron chi connectivity index (χ3n) is 1.62. The number of nitrogens with zero attached hydrogens (tertiary/aromatic N) is 1. The van der Waals surface area contributed by atoms with Crippen LogP contribution in [-0.4, -0.2) is 0 Å². The molecule has 3 heteroatoms. The third kappa shape index (κ3) is 2.09. The molecule has 0 aliphatic heterocycles. The van der Waals surface area contributed by atoms with E-state index in [1.807, 2.05) is 18.2 Å². The number of hydrogen-bond acceptors (Lipinski definition) is 1. The molecule has 0 N–H and O–H groups in total. The Hall–Kier alpha value is -0.330. The molecule has 0 unspecified atom stereocenters. The van der Waals surface area contributed by atoms with Crippen LogP contribution in [0.15, 0.2) is 22.7 Å². The highest BCUT2D eigenvalue weighted by Gasteiger charge is 2.03. The van der Waals surface area contributed by atoms with E-state index in [-0.39, 0.29) is 0 Å². The van der Waals surface area contributed by atoms with E-state index in [0.29, 0.717) is 6.42 Å². The smallest absolute Gasteiger partial charge is 0.0670 e. The Morgan fingerprint density at radius 1 is 1.42 bits per heavy atom. The fraction of sp³-hybridized carbons (Fsp3) is 0.222. The van der Waals surface area contributed by atoms with Gasteiger partial charge in [-0.2, -0.15) is 5.26 Å². The predicted molar refractivity (Wildman–Crippen MR) is 56.1 cm³/mol. The van der Waals surface area contributed by atoms with Crippen LogP contribution < -0.4 is 0 Å². The predicted octanol–water partition coefficient (Wildman–Crippen LogP) is 3.41. The number of hydrogen-bond donors (Lipinski definition) is 0. The second-order valence-corrected chi connectivity index (χ2v) is 3.76. The maximum absolute atomic E-state index is 8.58. The fourth-order valence-corrected chi connectivity index (χ4v) is 2.08. The number of alkyl halides is 1. The summed E-state index contributed by atoms with van der Waals surface area (Å²) >= 11 is 6.80. The van der Waals surface area contributed by atoms with E-state index < -0.39 is 0 Å². The zero-order valence-electron chi connectivity index (χ0n) is 6.35. The van der Waals surface area contributed by atoms with Crippen LogP contribution in [0.25, 0.3) is 0 Å². The van der Waals surface area contributed by atoms with Crippen molar-refractivity contribution in [2.75, 3.05) is 0 Å². The summed E-state index contributed by atoms with van der Waals surface area (Å²) < 4.78 is 1.01. The second kappa shape index (κ2) is 4.64. The highest BCUT2D eigenvalue weighted by molar-refractivity contribution is 9.10. The van der Waals surface area contributed by atoms with E-state index in [1.165, 1.54) is 5.56 Å². The minimum Gasteiger partial charge on any atom is -0.198 e. The molecule has 0 radical (unpaired) electrons. The molecule has 1 rings (SSSR count). The van der Waals surface area contributed by atoms with Crippen molar-refractivity contribution < 1.29 is 0 Å². The number of benzene rings is 1. The molecule has 62 valence electrons. The molecule has 1 nitrogen and oxygen atoms in total. The lowest BCUT2D eigenvalue weighted by Crippen LogP contribution is -1.90. The molecule has 0 bridgehead atoms. The monoisotopic (exact) mass is 287 g/mol. The van der Waals surface area contributed by atoms with Crippen molar-refractivity contribution in [2.24, 2.45) is 0 Å². The lowest BCUT2D eigenvalue weighted by molar-refractivity contribution is 1.19. The van der Waals surface area contributed by atoms with Crippen molar-refractivity contribution in [2.45, 2.75) is 11.8 Å². The molecule has 0 saturated carbocycles. The Kier molecular flexibility index (Phi) is 3.77. The van der Waals surface area contributed by atoms with Gasteiger partial charge in [-0.3, -0.25) is 0 Å². The normalized spacial score (nSPS) is 9.42. The molecule has 0 aliphatic rings. The first-order valence-corrected chi connectivity index (χ1v) is 5.40. The molecule has 1 aromatic carbocycles. The van der Waals surface area contributed by atoms with Gasteiger partial charge in [-0.15, -0.1) is 0 Å². The maximum atomic E-state index is 8.58. The summed E-state index contributed by atoms with van der Waals surface area (Å²) in [4.78, 5) is 0. The summed E-state index contributed by atoms with van der Waals surface area (Å²) in [6.07, 6.45) is 0.461. The van der Waals surface area contributed by atoms with E-state index in [9.17, 15) is 0 Å². The maximum Gasteiger partial charge on any atom is 0.0670 e. The number of rotatable bonds is 2. The minimum absolute atomic E-state index is 0.461. The van der Waals surface area contributed by atoms with Crippen molar-refractivity contribution >= 4 is 31.9 Å². The first-order chi connectivity index (χ1) is 5.79. The van der Waals surface area contributed by atoms with E-state index in [2.05, 4.69) is 37.9 Å². The molecule has 12 heavy (non-hydrogen) atoms. The summed E-state index contributed by atoms with van der Waals surface area (Å²) in [5.41, 5.74) is 2.25. The quantitative estimate of drug-likeness (QED) is 0.765. The first kappa shape index (κ1) is 9.76. The SMILES string of the molecule is N#CCc1c(Br)cccc1CBr. The molecule has 0 heterocycles. The summed E-state index contributed by atoms with van der Waals surface area (Å²) in [5, 5.41) is 9.37. The average molecular weight is 289 g/mol. The number of halogens is 2. The van der Waals surface area contributed by atoms with Gasteiger partial charge >= 0.3 is 0 Å². The molecule has 0 amide bonds. The summed E-state index contributed by atoms with van der Waals surface area (Å²) in [6.45, 7) is 0. The van der Waals surface area contributed by atoms with Crippen LogP contribution in [0.4, 0.5) is 0 Å². The topological polar surface area (TPSA) is 23.8 Å². The fourth-order valence-electron chi connectivity index (χ4n) is 1.01. The molecule has 0 spiro atoms. The van der Waals surface area contributed by atoms with E-state index in [1.54, 1.807) is 0 Å². The molecule has 1 aromatic rings. The molecule has 0 aliphatic carbocycles. The molecule has 0 saturated heterocycles. The van der Waals surface area contributed by atoms with Crippen LogP contribution in [0.2, 0.25) is 0 Å². The van der Waals surface area contributed by atoms with Gasteiger partial charge in [0.25, 0.3) is 0 Å². The van der Waals surface area contributed by atoms with Gasteiger partial charge in [-0.25, -0.2) is 0 Å². The van der Waals surface area contributed by atoms with Crippen LogP contribution in [-0.2, 0) is 11.8 Å². The van der Waals surface area contributed by atoms with E-state index in [4.69, 9.17) is 5.26 Å². The third-order valence-corrected chi connectivity index (χ3v) is 2.96. The van der Waals surface area contributed by atoms with Gasteiger partial charge < -0.3 is 0 Å². The lowest BCUT2D eigenvalue weighted by Gasteiger charge is -2.04. The van der Waals surface area contributed by atoms with Crippen LogP contribution in [0.3, 0.4) is 0 Å². The molecule has 0 aromatic heterocycles. The highest BCUT2D eigenvalue weighted by Crippen LogP contribution is 2.22. The Balaban J connectivity index is 3.12. The van der Waals surface area contributed by atoms with Gasteiger partial charge in [0.2, 0.25) is 0 Å². The summed E-state index contributed by atoms with van der Waals surface area (Å²) in [6, 6.07) is 8.10. The van der Waals surface area contributed by atoms with Crippen LogP contribution in [0.5, 0.6) is 0 Å². The Bertz CT molecular complexity index is 315. The standard InChI is InChI=1S/C9H7Br2N/c10-6-7-2-1-3-9(11)8(7)4-5-12/h1-3H,4,6H2. The van der Waals surface area contributed by atoms with Gasteiger partial charge in [0.1, 0.15) is 0 Å². The molecular weight excluding hydrogens is 282 g/mol. The zero-order valence-corrected chi connectivity index (χ0v) is 9.52. The van der Waals surface area contributed by atoms with Crippen molar-refractivity contribution in [1.82, 2.24) is 0 Å². The summed E-state index contributed by atoms with van der Waals surface area (Å²) in [7, 11) is 0. The van der Waals surface area contributed by atoms with Gasteiger partial charge in [0.05, 0.1) is 12.5 Å². The molecule has 0 fully saturated rings. The second-order valence-electron chi connectivity index (χ2n) is 2.35. The van der Waals surface area contributed by atoms with Gasteiger partial charge in [0.15, 0.2) is 0 Å². The minimum atomic E-state index is 0.461. The van der Waals surface area contributed by atoms with Crippen molar-refractivity contribution in [1.29, 1.82) is 5.26 Å². The number of nitriles is 1. The van der Waals surface area contributed by atoms with Crippen LogP contribution in [0, 0.1) is 11.3 Å². The largest absolute Gasteiger partial charge is 0.198 e. The Morgan fingerprint density at radius 3 is 2.75 bits per heavy atom. The van der Waals surface area contributed by atoms with Gasteiger partial charge in [0, 0.05) is 9.80 Å². The molecular formula is C9H7Br2N. The highest BCUT2D eigenvalue weighted by atomic mass is 79.9. The van der Waals surface area contributed by atoms with E-state index in [0.717, 1.165) is 15.4 Å².